The van der Waals surface area contributed by atoms with Gasteiger partial charge in [0, 0.05) is 25.4 Å². The van der Waals surface area contributed by atoms with Crippen LogP contribution in [0.3, 0.4) is 0 Å². The highest BCUT2D eigenvalue weighted by atomic mass is 32.1. The predicted octanol–water partition coefficient (Wildman–Crippen LogP) is 5.85. The Bertz CT molecular complexity index is 789. The van der Waals surface area contributed by atoms with E-state index in [1.807, 2.05) is 25.1 Å². The zero-order valence-corrected chi connectivity index (χ0v) is 19.1. The van der Waals surface area contributed by atoms with Gasteiger partial charge in [0.25, 0.3) is 5.17 Å². The molecule has 0 aromatic heterocycles. The van der Waals surface area contributed by atoms with Crippen molar-refractivity contribution in [3.8, 4) is 11.5 Å². The molecule has 0 radical (unpaired) electrons. The highest BCUT2D eigenvalue weighted by molar-refractivity contribution is 7.80. The maximum atomic E-state index is 7.05. The molecule has 3 aliphatic rings. The summed E-state index contributed by atoms with van der Waals surface area (Å²) in [6.07, 6.45) is 7.41. The van der Waals surface area contributed by atoms with Gasteiger partial charge < -0.3 is 14.4 Å². The van der Waals surface area contributed by atoms with E-state index in [2.05, 4.69) is 39.8 Å². The molecule has 1 aromatic carbocycles. The highest BCUT2D eigenvalue weighted by Gasteiger charge is 2.65. The van der Waals surface area contributed by atoms with Gasteiger partial charge in [-0.3, -0.25) is 0 Å². The van der Waals surface area contributed by atoms with Gasteiger partial charge in [-0.25, -0.2) is 0 Å². The third kappa shape index (κ3) is 2.86. The van der Waals surface area contributed by atoms with Crippen LogP contribution in [-0.4, -0.2) is 29.8 Å². The van der Waals surface area contributed by atoms with Crippen LogP contribution < -0.4 is 9.47 Å². The molecule has 28 heavy (non-hydrogen) atoms. The smallest absolute Gasteiger partial charge is 0.264 e. The second-order valence-corrected chi connectivity index (χ2v) is 10.8. The minimum absolute atomic E-state index is 0.0409. The van der Waals surface area contributed by atoms with E-state index in [0.717, 1.165) is 17.9 Å². The van der Waals surface area contributed by atoms with Gasteiger partial charge in [0.15, 0.2) is 0 Å². The Balaban J connectivity index is 1.74. The third-order valence-corrected chi connectivity index (χ3v) is 8.72. The number of ether oxygens (including phenoxy) is 2. The third-order valence-electron chi connectivity index (χ3n) is 8.27. The summed E-state index contributed by atoms with van der Waals surface area (Å²) in [5.41, 5.74) is 1.73. The quantitative estimate of drug-likeness (QED) is 0.550. The molecule has 1 spiro atoms. The van der Waals surface area contributed by atoms with Gasteiger partial charge in [0.1, 0.15) is 17.1 Å². The van der Waals surface area contributed by atoms with Crippen LogP contribution in [-0.2, 0) is 6.42 Å². The fourth-order valence-electron chi connectivity index (χ4n) is 6.45. The van der Waals surface area contributed by atoms with Gasteiger partial charge in [-0.2, -0.15) is 0 Å². The summed E-state index contributed by atoms with van der Waals surface area (Å²) < 4.78 is 12.9. The van der Waals surface area contributed by atoms with E-state index in [-0.39, 0.29) is 11.0 Å². The average Bonchev–Trinajstić information content (AvgIpc) is 2.60. The number of benzene rings is 1. The number of fused-ring (bicyclic) bond motifs is 1. The molecule has 0 saturated heterocycles. The van der Waals surface area contributed by atoms with Crippen molar-refractivity contribution in [3.05, 3.63) is 23.8 Å². The Morgan fingerprint density at radius 2 is 1.93 bits per heavy atom. The number of hydrogen-bond donors (Lipinski definition) is 0. The molecule has 0 N–H and O–H groups in total. The topological polar surface area (TPSA) is 21.7 Å². The molecule has 4 rings (SSSR count). The molecule has 1 aliphatic heterocycles. The van der Waals surface area contributed by atoms with Crippen molar-refractivity contribution in [1.82, 2.24) is 4.90 Å². The molecule has 3 nitrogen and oxygen atoms in total. The van der Waals surface area contributed by atoms with E-state index >= 15 is 0 Å². The molecule has 0 bridgehead atoms. The molecular formula is C24H35NO2S. The van der Waals surface area contributed by atoms with E-state index < -0.39 is 0 Å². The minimum Gasteiger partial charge on any atom is -0.486 e. The lowest BCUT2D eigenvalue weighted by Crippen LogP contribution is -2.68. The molecule has 1 heterocycles. The molecule has 2 saturated carbocycles. The lowest BCUT2D eigenvalue weighted by atomic mass is 9.44. The molecular weight excluding hydrogens is 366 g/mol. The van der Waals surface area contributed by atoms with E-state index in [4.69, 9.17) is 21.7 Å². The summed E-state index contributed by atoms with van der Waals surface area (Å²) in [6.45, 7) is 9.86. The van der Waals surface area contributed by atoms with Crippen LogP contribution >= 0.6 is 12.2 Å². The Morgan fingerprint density at radius 3 is 2.64 bits per heavy atom. The van der Waals surface area contributed by atoms with Gasteiger partial charge in [-0.1, -0.05) is 27.7 Å². The van der Waals surface area contributed by atoms with Crippen molar-refractivity contribution < 1.29 is 9.47 Å². The first kappa shape index (κ1) is 20.0. The largest absolute Gasteiger partial charge is 0.486 e. The molecule has 2 aliphatic carbocycles. The van der Waals surface area contributed by atoms with Crippen LogP contribution in [0, 0.1) is 22.7 Å². The molecule has 1 aromatic rings. The van der Waals surface area contributed by atoms with Gasteiger partial charge in [-0.15, -0.1) is 0 Å². The van der Waals surface area contributed by atoms with Gasteiger partial charge >= 0.3 is 0 Å². The van der Waals surface area contributed by atoms with Crippen molar-refractivity contribution >= 4 is 17.4 Å². The summed E-state index contributed by atoms with van der Waals surface area (Å²) in [5, 5.41) is 0.486. The molecule has 154 valence electrons. The second kappa shape index (κ2) is 6.62. The Kier molecular flexibility index (Phi) is 4.73. The number of nitrogens with zero attached hydrogens (tertiary/aromatic N) is 1. The van der Waals surface area contributed by atoms with E-state index in [0.29, 0.717) is 22.4 Å². The second-order valence-electron chi connectivity index (χ2n) is 10.5. The Hall–Kier alpha value is -1.29. The van der Waals surface area contributed by atoms with Crippen molar-refractivity contribution in [1.29, 1.82) is 0 Å². The number of thiocarbonyl (C=S) groups is 1. The SMILES string of the molecule is C[C@H]1CC[C@H]2C(C)(C)CCCC23Oc2ccc(OC(=S)N(C)C)cc2C[C@]13C. The molecule has 2 fully saturated rings. The van der Waals surface area contributed by atoms with Crippen molar-refractivity contribution in [2.75, 3.05) is 14.1 Å². The van der Waals surface area contributed by atoms with Crippen LogP contribution in [0.4, 0.5) is 0 Å². The zero-order valence-electron chi connectivity index (χ0n) is 18.3. The normalized spacial score (nSPS) is 35.6. The maximum absolute atomic E-state index is 7.05. The zero-order chi connectivity index (χ0) is 20.3. The minimum atomic E-state index is -0.0409. The molecule has 4 atom stereocenters. The number of hydrogen-bond acceptors (Lipinski definition) is 3. The van der Waals surface area contributed by atoms with E-state index in [1.54, 1.807) is 0 Å². The maximum Gasteiger partial charge on any atom is 0.264 e. The standard InChI is InChI=1S/C24H35NO2S/c1-16-8-11-20-22(2,3)12-7-13-24(20)23(16,4)15-17-14-18(9-10-19(17)27-24)26-21(28)25(5)6/h9-10,14,16,20H,7-8,11-13,15H2,1-6H3/t16-,20-,23+,24?/m0/s1. The average molecular weight is 402 g/mol. The van der Waals surface area contributed by atoms with Crippen LogP contribution in [0.1, 0.15) is 65.4 Å². The summed E-state index contributed by atoms with van der Waals surface area (Å²) in [4.78, 5) is 1.82. The molecule has 0 amide bonds. The van der Waals surface area contributed by atoms with Crippen LogP contribution in [0.25, 0.3) is 0 Å². The Morgan fingerprint density at radius 1 is 1.18 bits per heavy atom. The molecule has 4 heteroatoms. The molecule has 1 unspecified atom stereocenters. The highest BCUT2D eigenvalue weighted by Crippen LogP contribution is 2.65. The van der Waals surface area contributed by atoms with Gasteiger partial charge in [0.05, 0.1) is 0 Å². The van der Waals surface area contributed by atoms with Crippen LogP contribution in [0.15, 0.2) is 18.2 Å². The van der Waals surface area contributed by atoms with Crippen LogP contribution in [0.2, 0.25) is 0 Å². The summed E-state index contributed by atoms with van der Waals surface area (Å²) in [7, 11) is 3.81. The lowest BCUT2D eigenvalue weighted by molar-refractivity contribution is -0.210. The van der Waals surface area contributed by atoms with Crippen LogP contribution in [0.5, 0.6) is 11.5 Å². The van der Waals surface area contributed by atoms with Crippen molar-refractivity contribution in [2.45, 2.75) is 71.8 Å². The summed E-state index contributed by atoms with van der Waals surface area (Å²) in [6, 6.07) is 6.26. The van der Waals surface area contributed by atoms with E-state index in [1.165, 1.54) is 37.7 Å². The first-order valence-corrected chi connectivity index (χ1v) is 11.2. The Labute approximate surface area is 175 Å². The van der Waals surface area contributed by atoms with Crippen molar-refractivity contribution in [3.63, 3.8) is 0 Å². The fourth-order valence-corrected chi connectivity index (χ4v) is 6.55. The van der Waals surface area contributed by atoms with Gasteiger partial charge in [-0.05, 0) is 85.8 Å². The van der Waals surface area contributed by atoms with E-state index in [9.17, 15) is 0 Å². The van der Waals surface area contributed by atoms with Gasteiger partial charge in [0.2, 0.25) is 0 Å². The lowest BCUT2D eigenvalue weighted by Gasteiger charge is -2.66. The van der Waals surface area contributed by atoms with Crippen molar-refractivity contribution in [2.24, 2.45) is 22.7 Å². The number of rotatable bonds is 1. The fraction of sp³-hybridized carbons (Fsp3) is 0.708. The summed E-state index contributed by atoms with van der Waals surface area (Å²) in [5.74, 6) is 3.14. The monoisotopic (exact) mass is 401 g/mol. The first-order valence-electron chi connectivity index (χ1n) is 10.8. The first-order chi connectivity index (χ1) is 13.1. The predicted molar refractivity (Wildman–Crippen MR) is 118 cm³/mol. The summed E-state index contributed by atoms with van der Waals surface area (Å²) >= 11 is 5.32.